The van der Waals surface area contributed by atoms with Crippen LogP contribution in [0.25, 0.3) is 0 Å². The summed E-state index contributed by atoms with van der Waals surface area (Å²) in [5.74, 6) is -0.000752. The number of hydrogen-bond donors (Lipinski definition) is 1. The highest BCUT2D eigenvalue weighted by Crippen LogP contribution is 2.35. The number of carboxylic acid groups (broad SMARTS) is 1. The van der Waals surface area contributed by atoms with Crippen molar-refractivity contribution in [1.29, 1.82) is 0 Å². The molecule has 0 radical (unpaired) electrons. The van der Waals surface area contributed by atoms with Crippen molar-refractivity contribution in [2.75, 3.05) is 6.54 Å². The third-order valence-corrected chi connectivity index (χ3v) is 5.33. The molecular weight excluding hydrogens is 364 g/mol. The van der Waals surface area contributed by atoms with Gasteiger partial charge in [-0.25, -0.2) is 0 Å². The molecule has 5 heteroatoms. The van der Waals surface area contributed by atoms with E-state index in [2.05, 4.69) is 9.88 Å². The number of nitrogens with zero attached hydrogens (tertiary/aromatic N) is 2. The van der Waals surface area contributed by atoms with Gasteiger partial charge in [-0.1, -0.05) is 48.5 Å². The highest BCUT2D eigenvalue weighted by Gasteiger charge is 2.37. The van der Waals surface area contributed by atoms with E-state index in [1.807, 2.05) is 72.9 Å². The molecule has 0 aliphatic carbocycles. The van der Waals surface area contributed by atoms with Crippen LogP contribution >= 0.6 is 0 Å². The molecule has 3 aromatic rings. The lowest BCUT2D eigenvalue weighted by molar-refractivity contribution is -0.142. The van der Waals surface area contributed by atoms with Crippen LogP contribution in [0.4, 0.5) is 0 Å². The maximum atomic E-state index is 11.8. The maximum Gasteiger partial charge on any atom is 0.320 e. The SMILES string of the molecule is O=C(O)C1CCCN1C(c1cccnc1)c1cccc(OCc2ccccc2)c1. The zero-order valence-corrected chi connectivity index (χ0v) is 16.1. The average Bonchev–Trinajstić information content (AvgIpc) is 3.24. The second-order valence-electron chi connectivity index (χ2n) is 7.27. The first kappa shape index (κ1) is 19.2. The van der Waals surface area contributed by atoms with Crippen molar-refractivity contribution in [3.63, 3.8) is 0 Å². The average molecular weight is 388 g/mol. The second-order valence-corrected chi connectivity index (χ2v) is 7.27. The molecule has 1 saturated heterocycles. The largest absolute Gasteiger partial charge is 0.489 e. The zero-order chi connectivity index (χ0) is 20.1. The van der Waals surface area contributed by atoms with Crippen LogP contribution in [-0.4, -0.2) is 33.5 Å². The Morgan fingerprint density at radius 1 is 1.10 bits per heavy atom. The van der Waals surface area contributed by atoms with Crippen LogP contribution in [0, 0.1) is 0 Å². The summed E-state index contributed by atoms with van der Waals surface area (Å²) in [6.45, 7) is 1.23. The highest BCUT2D eigenvalue weighted by atomic mass is 16.5. The first-order valence-electron chi connectivity index (χ1n) is 9.87. The standard InChI is InChI=1S/C24H24N2O3/c27-24(28)22-12-6-14-26(22)23(20-10-5-13-25-16-20)19-9-4-11-21(15-19)29-17-18-7-2-1-3-8-18/h1-5,7-11,13,15-16,22-23H,6,12,14,17H2,(H,27,28). The number of aliphatic carboxylic acids is 1. The lowest BCUT2D eigenvalue weighted by Gasteiger charge is -2.32. The van der Waals surface area contributed by atoms with Crippen molar-refractivity contribution in [1.82, 2.24) is 9.88 Å². The first-order valence-corrected chi connectivity index (χ1v) is 9.87. The molecule has 1 N–H and O–H groups in total. The Balaban J connectivity index is 1.63. The fourth-order valence-electron chi connectivity index (χ4n) is 3.99. The van der Waals surface area contributed by atoms with Crippen LogP contribution < -0.4 is 4.74 Å². The molecule has 2 heterocycles. The monoisotopic (exact) mass is 388 g/mol. The van der Waals surface area contributed by atoms with Crippen molar-refractivity contribution in [3.8, 4) is 5.75 Å². The molecule has 1 fully saturated rings. The van der Waals surface area contributed by atoms with E-state index in [0.29, 0.717) is 13.0 Å². The number of carboxylic acids is 1. The predicted molar refractivity (Wildman–Crippen MR) is 111 cm³/mol. The normalized spacial score (nSPS) is 17.7. The van der Waals surface area contributed by atoms with Gasteiger partial charge in [0.1, 0.15) is 18.4 Å². The summed E-state index contributed by atoms with van der Waals surface area (Å²) >= 11 is 0. The van der Waals surface area contributed by atoms with Crippen molar-refractivity contribution >= 4 is 5.97 Å². The van der Waals surface area contributed by atoms with E-state index >= 15 is 0 Å². The van der Waals surface area contributed by atoms with Crippen LogP contribution in [-0.2, 0) is 11.4 Å². The summed E-state index contributed by atoms with van der Waals surface area (Å²) in [7, 11) is 0. The van der Waals surface area contributed by atoms with Crippen LogP contribution in [0.2, 0.25) is 0 Å². The third-order valence-electron chi connectivity index (χ3n) is 5.33. The minimum absolute atomic E-state index is 0.174. The Bertz CT molecular complexity index is 947. The zero-order valence-electron chi connectivity index (χ0n) is 16.1. The van der Waals surface area contributed by atoms with E-state index in [0.717, 1.165) is 35.4 Å². The molecule has 2 unspecified atom stereocenters. The van der Waals surface area contributed by atoms with Crippen LogP contribution in [0.1, 0.15) is 35.6 Å². The lowest BCUT2D eigenvalue weighted by Crippen LogP contribution is -2.39. The lowest BCUT2D eigenvalue weighted by atomic mass is 9.97. The molecule has 1 aliphatic heterocycles. The fourth-order valence-corrected chi connectivity index (χ4v) is 3.99. The quantitative estimate of drug-likeness (QED) is 0.654. The number of hydrogen-bond acceptors (Lipinski definition) is 4. The highest BCUT2D eigenvalue weighted by molar-refractivity contribution is 5.74. The van der Waals surface area contributed by atoms with Gasteiger partial charge in [0.05, 0.1) is 6.04 Å². The van der Waals surface area contributed by atoms with Gasteiger partial charge in [-0.15, -0.1) is 0 Å². The molecule has 2 aromatic carbocycles. The molecule has 0 saturated carbocycles. The Hall–Kier alpha value is -3.18. The molecule has 1 aromatic heterocycles. The summed E-state index contributed by atoms with van der Waals surface area (Å²) < 4.78 is 6.01. The number of benzene rings is 2. The number of ether oxygens (including phenoxy) is 1. The van der Waals surface area contributed by atoms with E-state index in [1.165, 1.54) is 0 Å². The van der Waals surface area contributed by atoms with Gasteiger partial charge in [-0.2, -0.15) is 0 Å². The smallest absolute Gasteiger partial charge is 0.320 e. The maximum absolute atomic E-state index is 11.8. The summed E-state index contributed by atoms with van der Waals surface area (Å²) in [6.07, 6.45) is 5.09. The van der Waals surface area contributed by atoms with E-state index in [1.54, 1.807) is 6.20 Å². The number of aromatic nitrogens is 1. The molecular formula is C24H24N2O3. The Morgan fingerprint density at radius 3 is 2.69 bits per heavy atom. The van der Waals surface area contributed by atoms with Crippen LogP contribution in [0.3, 0.4) is 0 Å². The molecule has 0 amide bonds. The van der Waals surface area contributed by atoms with Crippen molar-refractivity contribution < 1.29 is 14.6 Å². The Morgan fingerprint density at radius 2 is 1.93 bits per heavy atom. The molecule has 4 rings (SSSR count). The van der Waals surface area contributed by atoms with Crippen LogP contribution in [0.15, 0.2) is 79.1 Å². The topological polar surface area (TPSA) is 62.7 Å². The summed E-state index contributed by atoms with van der Waals surface area (Å²) in [5.41, 5.74) is 3.10. The van der Waals surface area contributed by atoms with Crippen LogP contribution in [0.5, 0.6) is 5.75 Å². The van der Waals surface area contributed by atoms with E-state index in [-0.39, 0.29) is 6.04 Å². The summed E-state index contributed by atoms with van der Waals surface area (Å²) in [6, 6.07) is 21.2. The van der Waals surface area contributed by atoms with Gasteiger partial charge in [0.15, 0.2) is 0 Å². The minimum atomic E-state index is -0.770. The molecule has 0 spiro atoms. The Labute approximate surface area is 170 Å². The molecule has 29 heavy (non-hydrogen) atoms. The number of pyridine rings is 1. The number of likely N-dealkylation sites (tertiary alicyclic amines) is 1. The van der Waals surface area contributed by atoms with Crippen molar-refractivity contribution in [3.05, 3.63) is 95.8 Å². The molecule has 0 bridgehead atoms. The van der Waals surface area contributed by atoms with Gasteiger partial charge in [0, 0.05) is 18.9 Å². The van der Waals surface area contributed by atoms with E-state index in [9.17, 15) is 9.90 Å². The molecule has 148 valence electrons. The second kappa shape index (κ2) is 8.88. The van der Waals surface area contributed by atoms with Gasteiger partial charge in [0.25, 0.3) is 0 Å². The van der Waals surface area contributed by atoms with E-state index < -0.39 is 12.0 Å². The van der Waals surface area contributed by atoms with Gasteiger partial charge in [0.2, 0.25) is 0 Å². The molecule has 2 atom stereocenters. The van der Waals surface area contributed by atoms with Gasteiger partial charge < -0.3 is 9.84 Å². The number of carbonyl (C=O) groups is 1. The third kappa shape index (κ3) is 4.46. The summed E-state index contributed by atoms with van der Waals surface area (Å²) in [5, 5.41) is 9.71. The van der Waals surface area contributed by atoms with Gasteiger partial charge >= 0.3 is 5.97 Å². The number of rotatable bonds is 7. The van der Waals surface area contributed by atoms with E-state index in [4.69, 9.17) is 4.74 Å². The van der Waals surface area contributed by atoms with Crippen molar-refractivity contribution in [2.45, 2.75) is 31.5 Å². The van der Waals surface area contributed by atoms with Crippen molar-refractivity contribution in [2.24, 2.45) is 0 Å². The first-order chi connectivity index (χ1) is 14.2. The molecule has 5 nitrogen and oxygen atoms in total. The fraction of sp³-hybridized carbons (Fsp3) is 0.250. The Kier molecular flexibility index (Phi) is 5.86. The predicted octanol–water partition coefficient (Wildman–Crippen LogP) is 4.30. The molecule has 1 aliphatic rings. The minimum Gasteiger partial charge on any atom is -0.489 e. The van der Waals surface area contributed by atoms with Gasteiger partial charge in [-0.05, 0) is 47.7 Å². The summed E-state index contributed by atoms with van der Waals surface area (Å²) in [4.78, 5) is 18.2. The van der Waals surface area contributed by atoms with Gasteiger partial charge in [-0.3, -0.25) is 14.7 Å².